The highest BCUT2D eigenvalue weighted by molar-refractivity contribution is 6.01. The molecule has 2 saturated heterocycles. The van der Waals surface area contributed by atoms with Crippen molar-refractivity contribution in [2.45, 2.75) is 84.2 Å². The van der Waals surface area contributed by atoms with Crippen molar-refractivity contribution in [2.24, 2.45) is 23.2 Å². The summed E-state index contributed by atoms with van der Waals surface area (Å²) in [6.07, 6.45) is 5.23. The lowest BCUT2D eigenvalue weighted by molar-refractivity contribution is -0.158. The first-order valence-corrected chi connectivity index (χ1v) is 13.0. The highest BCUT2D eigenvalue weighted by Gasteiger charge is 2.48. The number of rotatable bonds is 8. The van der Waals surface area contributed by atoms with Crippen LogP contribution in [-0.2, 0) is 19.2 Å². The molecule has 3 aliphatic rings. The average Bonchev–Trinajstić information content (AvgIpc) is 3.57. The van der Waals surface area contributed by atoms with Crippen molar-refractivity contribution in [2.75, 3.05) is 19.6 Å². The monoisotopic (exact) mass is 508 g/mol. The normalized spacial score (nSPS) is 25.6. The summed E-state index contributed by atoms with van der Waals surface area (Å²) >= 11 is 0. The molecule has 1 aliphatic carbocycles. The second kappa shape index (κ2) is 11.6. The molecular weight excluding hydrogens is 468 g/mol. The molecule has 4 atom stereocenters. The molecule has 3 fully saturated rings. The van der Waals surface area contributed by atoms with Gasteiger partial charge in [-0.2, -0.15) is 0 Å². The minimum Gasteiger partial charge on any atom is -0.465 e. The highest BCUT2D eigenvalue weighted by atomic mass is 16.5. The van der Waals surface area contributed by atoms with Crippen LogP contribution >= 0.6 is 0 Å². The second-order valence-electron chi connectivity index (χ2n) is 11.5. The lowest BCUT2D eigenvalue weighted by Gasteiger charge is -2.36. The Morgan fingerprint density at radius 2 is 1.67 bits per heavy atom. The molecule has 202 valence electrons. The first kappa shape index (κ1) is 27.9. The van der Waals surface area contributed by atoms with Crippen LogP contribution in [-0.4, -0.2) is 87.1 Å². The fraction of sp³-hybridized carbons (Fsp3) is 0.800. The third kappa shape index (κ3) is 6.35. The molecule has 0 aromatic rings. The minimum absolute atomic E-state index is 0.136. The Morgan fingerprint density at radius 3 is 2.25 bits per heavy atom. The van der Waals surface area contributed by atoms with Crippen LogP contribution in [0.15, 0.2) is 0 Å². The van der Waals surface area contributed by atoms with E-state index >= 15 is 0 Å². The fourth-order valence-electron chi connectivity index (χ4n) is 6.36. The van der Waals surface area contributed by atoms with E-state index in [0.29, 0.717) is 43.2 Å². The minimum atomic E-state index is -1.09. The third-order valence-electron chi connectivity index (χ3n) is 7.92. The first-order valence-electron chi connectivity index (χ1n) is 13.0. The zero-order valence-corrected chi connectivity index (χ0v) is 21.5. The summed E-state index contributed by atoms with van der Waals surface area (Å²) in [4.78, 5) is 65.2. The number of carboxylic acid groups (broad SMARTS) is 1. The number of hydrogen-bond donors (Lipinski definition) is 3. The number of amides is 5. The van der Waals surface area contributed by atoms with E-state index in [2.05, 4.69) is 5.32 Å². The van der Waals surface area contributed by atoms with Gasteiger partial charge in [-0.1, -0.05) is 46.5 Å². The molecule has 5 amide bonds. The van der Waals surface area contributed by atoms with E-state index in [9.17, 15) is 34.3 Å². The summed E-state index contributed by atoms with van der Waals surface area (Å²) in [6.45, 7) is 6.05. The van der Waals surface area contributed by atoms with Gasteiger partial charge in [-0.15, -0.1) is 0 Å². The van der Waals surface area contributed by atoms with Crippen LogP contribution in [0.4, 0.5) is 4.79 Å². The van der Waals surface area contributed by atoms with Gasteiger partial charge in [0, 0.05) is 13.1 Å². The Hall–Kier alpha value is -2.69. The largest absolute Gasteiger partial charge is 0.465 e. The molecule has 3 N–H and O–H groups in total. The molecular formula is C25H40N4O7. The van der Waals surface area contributed by atoms with Crippen molar-refractivity contribution in [1.29, 1.82) is 0 Å². The molecule has 0 spiro atoms. The van der Waals surface area contributed by atoms with E-state index in [1.807, 2.05) is 20.8 Å². The molecule has 0 radical (unpaired) electrons. The number of carbonyl (C=O) groups excluding carboxylic acids is 4. The average molecular weight is 509 g/mol. The Bertz CT molecular complexity index is 852. The zero-order chi connectivity index (χ0) is 26.6. The maximum atomic E-state index is 13.5. The van der Waals surface area contributed by atoms with Crippen molar-refractivity contribution in [3.05, 3.63) is 0 Å². The summed E-state index contributed by atoms with van der Waals surface area (Å²) in [5.74, 6) is -2.34. The molecule has 11 nitrogen and oxygen atoms in total. The van der Waals surface area contributed by atoms with E-state index in [-0.39, 0.29) is 25.4 Å². The van der Waals surface area contributed by atoms with Gasteiger partial charge in [0.25, 0.3) is 0 Å². The van der Waals surface area contributed by atoms with Crippen LogP contribution in [0.25, 0.3) is 0 Å². The Kier molecular flexibility index (Phi) is 8.97. The molecule has 36 heavy (non-hydrogen) atoms. The van der Waals surface area contributed by atoms with Crippen molar-refractivity contribution in [3.8, 4) is 0 Å². The van der Waals surface area contributed by atoms with Crippen LogP contribution in [0.1, 0.15) is 72.1 Å². The lowest BCUT2D eigenvalue weighted by atomic mass is 9.79. The van der Waals surface area contributed by atoms with Gasteiger partial charge in [-0.3, -0.25) is 29.7 Å². The number of hydroxylamine groups is 2. The zero-order valence-electron chi connectivity index (χ0n) is 21.5. The van der Waals surface area contributed by atoms with E-state index in [1.54, 1.807) is 0 Å². The number of likely N-dealkylation sites (tertiary alicyclic amines) is 2. The number of carbonyl (C=O) groups is 5. The van der Waals surface area contributed by atoms with Crippen LogP contribution in [0.5, 0.6) is 0 Å². The first-order chi connectivity index (χ1) is 16.9. The van der Waals surface area contributed by atoms with Gasteiger partial charge in [0.2, 0.25) is 24.1 Å². The van der Waals surface area contributed by atoms with E-state index in [4.69, 9.17) is 0 Å². The number of hydrogen-bond acceptors (Lipinski definition) is 6. The van der Waals surface area contributed by atoms with Crippen molar-refractivity contribution in [1.82, 2.24) is 20.2 Å². The molecule has 0 aromatic heterocycles. The molecule has 11 heteroatoms. The van der Waals surface area contributed by atoms with Gasteiger partial charge in [-0.25, -0.2) is 9.86 Å². The smallest absolute Gasteiger partial charge is 0.407 e. The van der Waals surface area contributed by atoms with Gasteiger partial charge < -0.3 is 14.9 Å². The Balaban J connectivity index is 1.69. The van der Waals surface area contributed by atoms with Crippen LogP contribution in [0, 0.1) is 23.2 Å². The van der Waals surface area contributed by atoms with Gasteiger partial charge in [0.05, 0.1) is 24.4 Å². The highest BCUT2D eigenvalue weighted by Crippen LogP contribution is 2.37. The van der Waals surface area contributed by atoms with Crippen molar-refractivity contribution < 1.29 is 34.3 Å². The van der Waals surface area contributed by atoms with Crippen LogP contribution < -0.4 is 5.32 Å². The summed E-state index contributed by atoms with van der Waals surface area (Å²) in [5.41, 5.74) is -0.502. The van der Waals surface area contributed by atoms with E-state index < -0.39 is 47.2 Å². The number of imide groups is 1. The molecule has 3 rings (SSSR count). The summed E-state index contributed by atoms with van der Waals surface area (Å²) in [7, 11) is 0. The lowest BCUT2D eigenvalue weighted by Crippen LogP contribution is -2.54. The number of nitrogens with one attached hydrogen (secondary N) is 1. The van der Waals surface area contributed by atoms with Crippen molar-refractivity contribution >= 4 is 30.2 Å². The fourth-order valence-corrected chi connectivity index (χ4v) is 6.36. The van der Waals surface area contributed by atoms with E-state index in [1.165, 1.54) is 9.80 Å². The van der Waals surface area contributed by atoms with Gasteiger partial charge in [0.15, 0.2) is 0 Å². The molecule has 1 saturated carbocycles. The van der Waals surface area contributed by atoms with Crippen LogP contribution in [0.3, 0.4) is 0 Å². The van der Waals surface area contributed by atoms with Gasteiger partial charge in [-0.05, 0) is 37.0 Å². The maximum absolute atomic E-state index is 13.5. The van der Waals surface area contributed by atoms with Gasteiger partial charge in [0.1, 0.15) is 6.04 Å². The van der Waals surface area contributed by atoms with Gasteiger partial charge >= 0.3 is 6.09 Å². The predicted octanol–water partition coefficient (Wildman–Crippen LogP) is 2.08. The van der Waals surface area contributed by atoms with Crippen molar-refractivity contribution in [3.63, 3.8) is 0 Å². The molecule has 0 bridgehead atoms. The van der Waals surface area contributed by atoms with E-state index in [0.717, 1.165) is 25.7 Å². The topological polar surface area (TPSA) is 148 Å². The molecule has 2 unspecified atom stereocenters. The SMILES string of the molecule is CC(C)(C)C1C(C(=O)NC(=O)[C@@H]2CCCN2C(=O)[C@H](CC2CCCC2)CN(O)C=O)CCN1C(=O)O. The summed E-state index contributed by atoms with van der Waals surface area (Å²) < 4.78 is 0. The Labute approximate surface area is 212 Å². The molecule has 2 aliphatic heterocycles. The second-order valence-corrected chi connectivity index (χ2v) is 11.5. The predicted molar refractivity (Wildman–Crippen MR) is 129 cm³/mol. The third-order valence-corrected chi connectivity index (χ3v) is 7.92. The summed E-state index contributed by atoms with van der Waals surface area (Å²) in [5, 5.41) is 22.3. The molecule has 0 aromatic carbocycles. The standard InChI is InChI=1S/C25H40N4O7/c1-25(2,3)20-18(10-12-29(20)24(34)35)21(31)26-22(32)19-9-6-11-28(19)23(33)17(14-27(36)15-30)13-16-7-4-5-8-16/h15-20,36H,4-14H2,1-3H3,(H,34,35)(H,26,31,32)/t17-,18?,19+,20?/m1/s1. The quantitative estimate of drug-likeness (QED) is 0.197. The Morgan fingerprint density at radius 1 is 1.00 bits per heavy atom. The molecule has 2 heterocycles. The maximum Gasteiger partial charge on any atom is 0.407 e. The van der Waals surface area contributed by atoms with Crippen LogP contribution in [0.2, 0.25) is 0 Å². The number of nitrogens with zero attached hydrogens (tertiary/aromatic N) is 3. The summed E-state index contributed by atoms with van der Waals surface area (Å²) in [6, 6.07) is -1.39.